The molecule has 0 radical (unpaired) electrons. The normalized spacial score (nSPS) is 10.6. The summed E-state index contributed by atoms with van der Waals surface area (Å²) >= 11 is 1.33. The summed E-state index contributed by atoms with van der Waals surface area (Å²) in [6, 6.07) is 12.3. The van der Waals surface area contributed by atoms with Crippen molar-refractivity contribution in [2.75, 3.05) is 37.7 Å². The van der Waals surface area contributed by atoms with E-state index in [-0.39, 0.29) is 24.9 Å². The van der Waals surface area contributed by atoms with E-state index in [1.807, 2.05) is 6.92 Å². The average Bonchev–Trinajstić information content (AvgIpc) is 3.31. The van der Waals surface area contributed by atoms with Gasteiger partial charge in [0.25, 0.3) is 5.91 Å². The van der Waals surface area contributed by atoms with Gasteiger partial charge in [0.05, 0.1) is 38.7 Å². The Labute approximate surface area is 213 Å². The summed E-state index contributed by atoms with van der Waals surface area (Å²) in [6.07, 6.45) is 1.71. The molecule has 0 aliphatic rings. The second-order valence-corrected chi connectivity index (χ2v) is 8.06. The number of anilines is 2. The van der Waals surface area contributed by atoms with Gasteiger partial charge in [-0.3, -0.25) is 15.0 Å². The minimum absolute atomic E-state index is 0.118. The fraction of sp³-hybridized carbons (Fsp3) is 0.280. The van der Waals surface area contributed by atoms with Gasteiger partial charge in [-0.25, -0.2) is 4.98 Å². The largest absolute Gasteiger partial charge is 0.494 e. The molecular weight excluding hydrogens is 484 g/mol. The van der Waals surface area contributed by atoms with Crippen molar-refractivity contribution in [1.29, 1.82) is 0 Å². The molecule has 2 aromatic carbocycles. The van der Waals surface area contributed by atoms with E-state index in [2.05, 4.69) is 20.8 Å². The third-order valence-electron chi connectivity index (χ3n) is 4.55. The molecule has 0 saturated heterocycles. The van der Waals surface area contributed by atoms with Crippen LogP contribution in [0.4, 0.5) is 10.8 Å². The molecule has 0 saturated carbocycles. The first-order valence-electron chi connectivity index (χ1n) is 11.2. The number of nitrogens with zero attached hydrogens (tertiary/aromatic N) is 2. The van der Waals surface area contributed by atoms with Crippen LogP contribution in [0.15, 0.2) is 52.9 Å². The molecule has 3 aromatic rings. The highest BCUT2D eigenvalue weighted by molar-refractivity contribution is 7.13. The zero-order valence-electron chi connectivity index (χ0n) is 20.3. The van der Waals surface area contributed by atoms with Crippen molar-refractivity contribution >= 4 is 40.2 Å². The summed E-state index contributed by atoms with van der Waals surface area (Å²) < 4.78 is 21.3. The Morgan fingerprint density at radius 2 is 1.86 bits per heavy atom. The highest BCUT2D eigenvalue weighted by atomic mass is 32.1. The molecule has 0 spiro atoms. The van der Waals surface area contributed by atoms with Crippen molar-refractivity contribution in [2.45, 2.75) is 20.3 Å². The SMILES string of the molecule is CCOC(=O)Cc1csc(NN=Cc2ccc(OCC(=O)Nc3ccc(OCC)cc3)c(OC)c2)n1. The standard InChI is InChI=1S/C25H28N4O6S/c1-4-33-20-9-7-18(8-10-20)27-23(30)15-35-21-11-6-17(12-22(21)32-3)14-26-29-25-28-19(16-36-25)13-24(31)34-5-2/h6-12,14,16H,4-5,13,15H2,1-3H3,(H,27,30)(H,28,29). The number of esters is 1. The van der Waals surface area contributed by atoms with Gasteiger partial charge < -0.3 is 24.3 Å². The maximum Gasteiger partial charge on any atom is 0.311 e. The fourth-order valence-corrected chi connectivity index (χ4v) is 3.65. The molecule has 0 fully saturated rings. The monoisotopic (exact) mass is 512 g/mol. The topological polar surface area (TPSA) is 120 Å². The first kappa shape index (κ1) is 26.5. The van der Waals surface area contributed by atoms with Gasteiger partial charge in [0.2, 0.25) is 5.13 Å². The van der Waals surface area contributed by atoms with Crippen LogP contribution in [0.2, 0.25) is 0 Å². The Balaban J connectivity index is 1.51. The number of hydrogen-bond donors (Lipinski definition) is 2. The van der Waals surface area contributed by atoms with Crippen molar-refractivity contribution in [3.63, 3.8) is 0 Å². The van der Waals surface area contributed by atoms with Crippen molar-refractivity contribution in [2.24, 2.45) is 5.10 Å². The lowest BCUT2D eigenvalue weighted by Crippen LogP contribution is -2.20. The number of aromatic nitrogens is 1. The van der Waals surface area contributed by atoms with Crippen LogP contribution < -0.4 is 25.0 Å². The quantitative estimate of drug-likeness (QED) is 0.199. The third kappa shape index (κ3) is 8.27. The first-order valence-corrected chi connectivity index (χ1v) is 12.1. The second kappa shape index (κ2) is 13.7. The van der Waals surface area contributed by atoms with Gasteiger partial charge in [0, 0.05) is 11.1 Å². The number of thiazole rings is 1. The lowest BCUT2D eigenvalue weighted by Gasteiger charge is -2.12. The molecule has 36 heavy (non-hydrogen) atoms. The third-order valence-corrected chi connectivity index (χ3v) is 5.35. The zero-order valence-corrected chi connectivity index (χ0v) is 21.1. The number of rotatable bonds is 13. The van der Waals surface area contributed by atoms with Crippen LogP contribution in [0.1, 0.15) is 25.1 Å². The van der Waals surface area contributed by atoms with Crippen LogP contribution in [-0.2, 0) is 20.7 Å². The minimum Gasteiger partial charge on any atom is -0.494 e. The second-order valence-electron chi connectivity index (χ2n) is 7.20. The summed E-state index contributed by atoms with van der Waals surface area (Å²) in [5.74, 6) is 0.996. The molecule has 3 rings (SSSR count). The van der Waals surface area contributed by atoms with Crippen molar-refractivity contribution in [1.82, 2.24) is 4.98 Å². The highest BCUT2D eigenvalue weighted by Gasteiger charge is 2.10. The zero-order chi connectivity index (χ0) is 25.8. The average molecular weight is 513 g/mol. The fourth-order valence-electron chi connectivity index (χ4n) is 2.99. The van der Waals surface area contributed by atoms with Crippen LogP contribution in [-0.4, -0.2) is 50.0 Å². The molecule has 1 aromatic heterocycles. The number of ether oxygens (including phenoxy) is 4. The smallest absolute Gasteiger partial charge is 0.311 e. The molecule has 2 N–H and O–H groups in total. The van der Waals surface area contributed by atoms with Crippen LogP contribution >= 0.6 is 11.3 Å². The van der Waals surface area contributed by atoms with Crippen LogP contribution in [0.25, 0.3) is 0 Å². The van der Waals surface area contributed by atoms with Gasteiger partial charge in [0.1, 0.15) is 5.75 Å². The molecule has 1 heterocycles. The molecule has 0 bridgehead atoms. The van der Waals surface area contributed by atoms with E-state index < -0.39 is 0 Å². The number of hydrogen-bond acceptors (Lipinski definition) is 10. The summed E-state index contributed by atoms with van der Waals surface area (Å²) in [4.78, 5) is 28.1. The number of nitrogens with one attached hydrogen (secondary N) is 2. The molecule has 11 heteroatoms. The minimum atomic E-state index is -0.319. The first-order chi connectivity index (χ1) is 17.5. The number of carbonyl (C=O) groups is 2. The lowest BCUT2D eigenvalue weighted by atomic mass is 10.2. The van der Waals surface area contributed by atoms with E-state index in [4.69, 9.17) is 18.9 Å². The van der Waals surface area contributed by atoms with E-state index in [0.717, 1.165) is 11.3 Å². The van der Waals surface area contributed by atoms with Gasteiger partial charge in [-0.1, -0.05) is 0 Å². The van der Waals surface area contributed by atoms with Gasteiger partial charge >= 0.3 is 5.97 Å². The predicted molar refractivity (Wildman–Crippen MR) is 138 cm³/mol. The van der Waals surface area contributed by atoms with Gasteiger partial charge in [-0.05, 0) is 61.9 Å². The number of carbonyl (C=O) groups excluding carboxylic acids is 2. The van der Waals surface area contributed by atoms with Crippen LogP contribution in [0.3, 0.4) is 0 Å². The molecule has 1 amide bonds. The Morgan fingerprint density at radius 1 is 1.06 bits per heavy atom. The Hall–Kier alpha value is -4.12. The number of benzene rings is 2. The number of methoxy groups -OCH3 is 1. The Kier molecular flexibility index (Phi) is 10.1. The summed E-state index contributed by atoms with van der Waals surface area (Å²) in [7, 11) is 1.52. The predicted octanol–water partition coefficient (Wildman–Crippen LogP) is 4.12. The van der Waals surface area contributed by atoms with E-state index in [9.17, 15) is 9.59 Å². The Morgan fingerprint density at radius 3 is 2.58 bits per heavy atom. The molecule has 0 aliphatic heterocycles. The van der Waals surface area contributed by atoms with Gasteiger partial charge in [0.15, 0.2) is 18.1 Å². The van der Waals surface area contributed by atoms with Gasteiger partial charge in [-0.15, -0.1) is 11.3 Å². The molecule has 10 nitrogen and oxygen atoms in total. The molecular formula is C25H28N4O6S. The number of amides is 1. The summed E-state index contributed by atoms with van der Waals surface area (Å²) in [5, 5.41) is 9.27. The van der Waals surface area contributed by atoms with E-state index in [1.165, 1.54) is 18.4 Å². The lowest BCUT2D eigenvalue weighted by molar-refractivity contribution is -0.142. The van der Waals surface area contributed by atoms with Crippen molar-refractivity contribution in [3.8, 4) is 17.2 Å². The molecule has 0 atom stereocenters. The van der Waals surface area contributed by atoms with Crippen LogP contribution in [0.5, 0.6) is 17.2 Å². The summed E-state index contributed by atoms with van der Waals surface area (Å²) in [5.41, 5.74) is 4.84. The van der Waals surface area contributed by atoms with Crippen molar-refractivity contribution < 1.29 is 28.5 Å². The molecule has 190 valence electrons. The van der Waals surface area contributed by atoms with Crippen molar-refractivity contribution in [3.05, 3.63) is 59.1 Å². The molecule has 0 aliphatic carbocycles. The highest BCUT2D eigenvalue weighted by Crippen LogP contribution is 2.27. The van der Waals surface area contributed by atoms with E-state index in [1.54, 1.807) is 61.0 Å². The summed E-state index contributed by atoms with van der Waals surface area (Å²) in [6.45, 7) is 4.40. The van der Waals surface area contributed by atoms with Crippen LogP contribution in [0, 0.1) is 0 Å². The maximum absolute atomic E-state index is 12.3. The Bertz CT molecular complexity index is 1180. The van der Waals surface area contributed by atoms with E-state index >= 15 is 0 Å². The maximum atomic E-state index is 12.3. The number of hydrazone groups is 1. The molecule has 0 unspecified atom stereocenters. The van der Waals surface area contributed by atoms with Gasteiger partial charge in [-0.2, -0.15) is 5.10 Å². The van der Waals surface area contributed by atoms with E-state index in [0.29, 0.717) is 41.2 Å².